The number of halogens is 1. The summed E-state index contributed by atoms with van der Waals surface area (Å²) in [6.45, 7) is 4.18. The second-order valence-corrected chi connectivity index (χ2v) is 4.78. The lowest BCUT2D eigenvalue weighted by Crippen LogP contribution is -2.52. The minimum Gasteiger partial charge on any atom is -0.396 e. The first-order chi connectivity index (χ1) is 8.50. The molecule has 1 heterocycles. The van der Waals surface area contributed by atoms with E-state index in [9.17, 15) is 9.18 Å². The lowest BCUT2D eigenvalue weighted by Gasteiger charge is -2.37. The topological polar surface area (TPSA) is 49.6 Å². The zero-order chi connectivity index (χ0) is 13.3. The third-order valence-electron chi connectivity index (χ3n) is 3.53. The Bertz CT molecular complexity index is 464. The van der Waals surface area contributed by atoms with Gasteiger partial charge < -0.3 is 15.5 Å². The summed E-state index contributed by atoms with van der Waals surface area (Å²) in [6.07, 6.45) is 0. The number of para-hydroxylation sites is 1. The molecule has 0 saturated carbocycles. The highest BCUT2D eigenvalue weighted by atomic mass is 19.1. The van der Waals surface area contributed by atoms with E-state index >= 15 is 0 Å². The molecule has 1 saturated heterocycles. The average molecular weight is 251 g/mol. The predicted molar refractivity (Wildman–Crippen MR) is 68.8 cm³/mol. The highest BCUT2D eigenvalue weighted by Gasteiger charge is 2.26. The van der Waals surface area contributed by atoms with E-state index in [0.717, 1.165) is 6.54 Å². The van der Waals surface area contributed by atoms with Crippen LogP contribution in [0.2, 0.25) is 0 Å². The number of amides is 1. The van der Waals surface area contributed by atoms with E-state index in [1.165, 1.54) is 12.1 Å². The molecule has 5 heteroatoms. The van der Waals surface area contributed by atoms with E-state index in [1.807, 2.05) is 7.05 Å². The van der Waals surface area contributed by atoms with Gasteiger partial charge in [0, 0.05) is 25.7 Å². The van der Waals surface area contributed by atoms with Crippen LogP contribution in [-0.2, 0) is 0 Å². The lowest BCUT2D eigenvalue weighted by atomic mass is 10.1. The van der Waals surface area contributed by atoms with Gasteiger partial charge in [0.1, 0.15) is 5.82 Å². The van der Waals surface area contributed by atoms with E-state index in [2.05, 4.69) is 11.8 Å². The van der Waals surface area contributed by atoms with Crippen LogP contribution in [0.4, 0.5) is 10.1 Å². The van der Waals surface area contributed by atoms with Gasteiger partial charge in [-0.15, -0.1) is 0 Å². The Balaban J connectivity index is 2.19. The van der Waals surface area contributed by atoms with Crippen molar-refractivity contribution in [1.82, 2.24) is 9.80 Å². The number of piperazine rings is 1. The van der Waals surface area contributed by atoms with Gasteiger partial charge in [0.2, 0.25) is 0 Å². The first kappa shape index (κ1) is 12.8. The molecule has 1 amide bonds. The largest absolute Gasteiger partial charge is 0.396 e. The van der Waals surface area contributed by atoms with E-state index in [-0.39, 0.29) is 17.2 Å². The van der Waals surface area contributed by atoms with Gasteiger partial charge in [0.05, 0.1) is 11.3 Å². The van der Waals surface area contributed by atoms with Gasteiger partial charge >= 0.3 is 0 Å². The van der Waals surface area contributed by atoms with Crippen LogP contribution in [0.25, 0.3) is 0 Å². The smallest absolute Gasteiger partial charge is 0.256 e. The lowest BCUT2D eigenvalue weighted by molar-refractivity contribution is 0.0573. The first-order valence-corrected chi connectivity index (χ1v) is 6.04. The van der Waals surface area contributed by atoms with Gasteiger partial charge in [-0.3, -0.25) is 4.79 Å². The maximum atomic E-state index is 13.3. The Hall–Kier alpha value is -1.62. The summed E-state index contributed by atoms with van der Waals surface area (Å²) in [5.41, 5.74) is 5.81. The predicted octanol–water partition coefficient (Wildman–Crippen LogP) is 1.18. The van der Waals surface area contributed by atoms with Crippen molar-refractivity contribution in [3.8, 4) is 0 Å². The number of carbonyl (C=O) groups excluding carboxylic acids is 1. The fourth-order valence-corrected chi connectivity index (χ4v) is 2.13. The molecule has 0 aliphatic carbocycles. The molecule has 0 bridgehead atoms. The Labute approximate surface area is 106 Å². The zero-order valence-electron chi connectivity index (χ0n) is 10.7. The third kappa shape index (κ3) is 2.31. The quantitative estimate of drug-likeness (QED) is 0.763. The van der Waals surface area contributed by atoms with Crippen molar-refractivity contribution in [3.63, 3.8) is 0 Å². The number of likely N-dealkylation sites (N-methyl/N-ethyl adjacent to an activating group) is 1. The molecule has 98 valence electrons. The molecule has 1 aromatic carbocycles. The van der Waals surface area contributed by atoms with Gasteiger partial charge in [0.15, 0.2) is 0 Å². The van der Waals surface area contributed by atoms with E-state index in [0.29, 0.717) is 19.1 Å². The average Bonchev–Trinajstić information content (AvgIpc) is 2.35. The minimum absolute atomic E-state index is 0.0610. The van der Waals surface area contributed by atoms with Gasteiger partial charge in [-0.1, -0.05) is 6.07 Å². The van der Waals surface area contributed by atoms with Gasteiger partial charge in [-0.05, 0) is 26.1 Å². The summed E-state index contributed by atoms with van der Waals surface area (Å²) in [7, 11) is 2.03. The number of nitrogen functional groups attached to an aromatic ring is 1. The van der Waals surface area contributed by atoms with Crippen LogP contribution in [0, 0.1) is 5.82 Å². The number of carbonyl (C=O) groups is 1. The van der Waals surface area contributed by atoms with Crippen LogP contribution in [0.15, 0.2) is 18.2 Å². The van der Waals surface area contributed by atoms with Crippen LogP contribution in [0.1, 0.15) is 17.3 Å². The third-order valence-corrected chi connectivity index (χ3v) is 3.53. The maximum Gasteiger partial charge on any atom is 0.256 e. The van der Waals surface area contributed by atoms with E-state index in [1.54, 1.807) is 11.0 Å². The highest BCUT2D eigenvalue weighted by Crippen LogP contribution is 2.19. The molecule has 1 aliphatic rings. The summed E-state index contributed by atoms with van der Waals surface area (Å²) in [5, 5.41) is 0. The zero-order valence-corrected chi connectivity index (χ0v) is 10.7. The molecule has 1 atom stereocenters. The van der Waals surface area contributed by atoms with Gasteiger partial charge in [-0.2, -0.15) is 0 Å². The summed E-state index contributed by atoms with van der Waals surface area (Å²) < 4.78 is 13.3. The Morgan fingerprint density at radius 3 is 2.83 bits per heavy atom. The Morgan fingerprint density at radius 1 is 1.44 bits per heavy atom. The second-order valence-electron chi connectivity index (χ2n) is 4.78. The summed E-state index contributed by atoms with van der Waals surface area (Å²) in [6, 6.07) is 4.65. The van der Waals surface area contributed by atoms with Crippen molar-refractivity contribution in [2.24, 2.45) is 0 Å². The molecule has 4 nitrogen and oxygen atoms in total. The Morgan fingerprint density at radius 2 is 2.17 bits per heavy atom. The van der Waals surface area contributed by atoms with Crippen molar-refractivity contribution in [2.45, 2.75) is 13.0 Å². The molecule has 1 fully saturated rings. The molecule has 2 rings (SSSR count). The molecular weight excluding hydrogens is 233 g/mol. The fourth-order valence-electron chi connectivity index (χ4n) is 2.13. The molecule has 0 aromatic heterocycles. The molecule has 1 aliphatic heterocycles. The van der Waals surface area contributed by atoms with Crippen LogP contribution >= 0.6 is 0 Å². The summed E-state index contributed by atoms with van der Waals surface area (Å²) in [4.78, 5) is 16.2. The van der Waals surface area contributed by atoms with Gasteiger partial charge in [0.25, 0.3) is 5.91 Å². The highest BCUT2D eigenvalue weighted by molar-refractivity contribution is 5.99. The number of hydrogen-bond donors (Lipinski definition) is 1. The number of benzene rings is 1. The number of anilines is 1. The summed E-state index contributed by atoms with van der Waals surface area (Å²) >= 11 is 0. The number of hydrogen-bond acceptors (Lipinski definition) is 3. The summed E-state index contributed by atoms with van der Waals surface area (Å²) in [5.74, 6) is -0.727. The first-order valence-electron chi connectivity index (χ1n) is 6.04. The van der Waals surface area contributed by atoms with Crippen molar-refractivity contribution >= 4 is 11.6 Å². The fraction of sp³-hybridized carbons (Fsp3) is 0.462. The van der Waals surface area contributed by atoms with Crippen molar-refractivity contribution < 1.29 is 9.18 Å². The van der Waals surface area contributed by atoms with Crippen molar-refractivity contribution in [3.05, 3.63) is 29.6 Å². The normalized spacial score (nSPS) is 21.1. The minimum atomic E-state index is -0.539. The maximum absolute atomic E-state index is 13.3. The van der Waals surface area contributed by atoms with Crippen molar-refractivity contribution in [2.75, 3.05) is 32.4 Å². The molecule has 0 spiro atoms. The number of rotatable bonds is 1. The van der Waals surface area contributed by atoms with E-state index in [4.69, 9.17) is 5.73 Å². The number of nitrogens with zero attached hydrogens (tertiary/aromatic N) is 2. The Kier molecular flexibility index (Phi) is 3.52. The van der Waals surface area contributed by atoms with Crippen molar-refractivity contribution in [1.29, 1.82) is 0 Å². The molecule has 18 heavy (non-hydrogen) atoms. The van der Waals surface area contributed by atoms with E-state index < -0.39 is 5.82 Å². The molecular formula is C13H18FN3O. The molecule has 0 radical (unpaired) electrons. The number of nitrogens with two attached hydrogens (primary N) is 1. The van der Waals surface area contributed by atoms with Crippen LogP contribution in [0.3, 0.4) is 0 Å². The van der Waals surface area contributed by atoms with Gasteiger partial charge in [-0.25, -0.2) is 4.39 Å². The molecule has 1 unspecified atom stereocenters. The SMILES string of the molecule is CC1CN(C(=O)c2cccc(F)c2N)CCN1C. The monoisotopic (exact) mass is 251 g/mol. The molecule has 2 N–H and O–H groups in total. The van der Waals surface area contributed by atoms with Crippen LogP contribution in [0.5, 0.6) is 0 Å². The second kappa shape index (κ2) is 4.94. The van der Waals surface area contributed by atoms with Crippen LogP contribution in [-0.4, -0.2) is 48.4 Å². The van der Waals surface area contributed by atoms with Crippen LogP contribution < -0.4 is 5.73 Å². The molecule has 1 aromatic rings. The standard InChI is InChI=1S/C13H18FN3O/c1-9-8-17(7-6-16(9)2)13(18)10-4-3-5-11(14)12(10)15/h3-5,9H,6-8,15H2,1-2H3.